The van der Waals surface area contributed by atoms with Crippen molar-refractivity contribution in [1.29, 1.82) is 0 Å². The van der Waals surface area contributed by atoms with E-state index in [-0.39, 0.29) is 11.9 Å². The average molecular weight is 290 g/mol. The van der Waals surface area contributed by atoms with Crippen LogP contribution >= 0.6 is 11.3 Å². The molecule has 20 heavy (non-hydrogen) atoms. The molecule has 0 unspecified atom stereocenters. The Balaban J connectivity index is 2.16. The summed E-state index contributed by atoms with van der Waals surface area (Å²) in [5, 5.41) is 7.60. The number of anilines is 1. The number of thiophene rings is 1. The summed E-state index contributed by atoms with van der Waals surface area (Å²) in [6, 6.07) is 6.17. The fraction of sp³-hybridized carbons (Fsp3) is 0.400. The van der Waals surface area contributed by atoms with Crippen molar-refractivity contribution < 1.29 is 9.53 Å². The van der Waals surface area contributed by atoms with E-state index in [1.54, 1.807) is 7.11 Å². The van der Waals surface area contributed by atoms with E-state index in [2.05, 4.69) is 24.5 Å². The Bertz CT molecular complexity index is 663. The monoisotopic (exact) mass is 290 g/mol. The normalized spacial score (nSPS) is 18.4. The smallest absolute Gasteiger partial charge is 0.263 e. The van der Waals surface area contributed by atoms with Gasteiger partial charge in [0, 0.05) is 22.7 Å². The molecule has 1 atom stereocenters. The van der Waals surface area contributed by atoms with Crippen molar-refractivity contribution in [2.75, 3.05) is 19.0 Å². The molecule has 1 aromatic carbocycles. The van der Waals surface area contributed by atoms with E-state index < -0.39 is 0 Å². The van der Waals surface area contributed by atoms with Gasteiger partial charge in [0.25, 0.3) is 5.91 Å². The predicted octanol–water partition coefficient (Wildman–Crippen LogP) is 3.09. The Hall–Kier alpha value is -1.75. The third kappa shape index (κ3) is 2.12. The standard InChI is InChI=1S/C15H18N2O2S/c1-8(2)11-7-16-15(18)14-13(17-11)10-6-9(19-3)4-5-12(10)20-14/h4-6,8,11,17H,7H2,1-3H3,(H,16,18)/t11-/m1/s1. The summed E-state index contributed by atoms with van der Waals surface area (Å²) in [4.78, 5) is 13.0. The Morgan fingerprint density at radius 1 is 1.40 bits per heavy atom. The molecule has 1 aliphatic heterocycles. The molecule has 1 amide bonds. The molecule has 0 fully saturated rings. The van der Waals surface area contributed by atoms with Gasteiger partial charge in [-0.25, -0.2) is 0 Å². The summed E-state index contributed by atoms with van der Waals surface area (Å²) in [5.74, 6) is 1.27. The number of carbonyl (C=O) groups is 1. The summed E-state index contributed by atoms with van der Waals surface area (Å²) in [6.07, 6.45) is 0. The van der Waals surface area contributed by atoms with Crippen LogP contribution in [0, 0.1) is 5.92 Å². The lowest BCUT2D eigenvalue weighted by molar-refractivity contribution is 0.0958. The highest BCUT2D eigenvalue weighted by atomic mass is 32.1. The summed E-state index contributed by atoms with van der Waals surface area (Å²) < 4.78 is 6.39. The maximum atomic E-state index is 12.2. The number of methoxy groups -OCH3 is 1. The van der Waals surface area contributed by atoms with Crippen LogP contribution < -0.4 is 15.4 Å². The second kappa shape index (κ2) is 4.98. The Kier molecular flexibility index (Phi) is 3.30. The van der Waals surface area contributed by atoms with Crippen LogP contribution in [0.5, 0.6) is 5.75 Å². The van der Waals surface area contributed by atoms with Crippen LogP contribution in [0.1, 0.15) is 23.5 Å². The summed E-state index contributed by atoms with van der Waals surface area (Å²) in [5.41, 5.74) is 0.942. The van der Waals surface area contributed by atoms with E-state index in [0.29, 0.717) is 12.5 Å². The van der Waals surface area contributed by atoms with E-state index in [1.807, 2.05) is 18.2 Å². The fourth-order valence-electron chi connectivity index (χ4n) is 2.43. The number of nitrogens with one attached hydrogen (secondary N) is 2. The van der Waals surface area contributed by atoms with Crippen molar-refractivity contribution in [2.24, 2.45) is 5.92 Å². The van der Waals surface area contributed by atoms with Gasteiger partial charge >= 0.3 is 0 Å². The number of ether oxygens (including phenoxy) is 1. The average Bonchev–Trinajstić information content (AvgIpc) is 2.71. The van der Waals surface area contributed by atoms with Crippen molar-refractivity contribution in [1.82, 2.24) is 5.32 Å². The van der Waals surface area contributed by atoms with Gasteiger partial charge < -0.3 is 15.4 Å². The Labute approximate surface area is 122 Å². The maximum Gasteiger partial charge on any atom is 0.263 e. The van der Waals surface area contributed by atoms with Gasteiger partial charge in [0.2, 0.25) is 0 Å². The second-order valence-corrected chi connectivity index (χ2v) is 6.43. The van der Waals surface area contributed by atoms with E-state index in [9.17, 15) is 4.79 Å². The van der Waals surface area contributed by atoms with Crippen molar-refractivity contribution in [3.63, 3.8) is 0 Å². The number of benzene rings is 1. The Morgan fingerprint density at radius 2 is 2.20 bits per heavy atom. The highest BCUT2D eigenvalue weighted by Crippen LogP contribution is 2.39. The van der Waals surface area contributed by atoms with Gasteiger partial charge in [0.1, 0.15) is 10.6 Å². The van der Waals surface area contributed by atoms with Gasteiger partial charge in [-0.05, 0) is 24.1 Å². The van der Waals surface area contributed by atoms with Crippen LogP contribution in [0.3, 0.4) is 0 Å². The number of rotatable bonds is 2. The molecule has 0 saturated carbocycles. The molecule has 3 rings (SSSR count). The van der Waals surface area contributed by atoms with E-state index >= 15 is 0 Å². The van der Waals surface area contributed by atoms with Crippen LogP contribution in [0.15, 0.2) is 18.2 Å². The molecule has 2 heterocycles. The minimum atomic E-state index is 0.0100. The quantitative estimate of drug-likeness (QED) is 0.893. The first-order valence-corrected chi connectivity index (χ1v) is 7.57. The predicted molar refractivity (Wildman–Crippen MR) is 83.0 cm³/mol. The SMILES string of the molecule is COc1ccc2sc3c(c2c1)N[C@@H](C(C)C)CNC3=O. The molecule has 0 bridgehead atoms. The molecule has 106 valence electrons. The van der Waals surface area contributed by atoms with Crippen LogP contribution in [-0.2, 0) is 0 Å². The minimum Gasteiger partial charge on any atom is -0.497 e. The van der Waals surface area contributed by atoms with Gasteiger partial charge in [-0.1, -0.05) is 13.8 Å². The molecule has 0 radical (unpaired) electrons. The van der Waals surface area contributed by atoms with E-state index in [0.717, 1.165) is 26.4 Å². The number of hydrogen-bond acceptors (Lipinski definition) is 4. The maximum absolute atomic E-state index is 12.2. The third-order valence-electron chi connectivity index (χ3n) is 3.72. The van der Waals surface area contributed by atoms with E-state index in [1.165, 1.54) is 11.3 Å². The van der Waals surface area contributed by atoms with Crippen molar-refractivity contribution in [2.45, 2.75) is 19.9 Å². The van der Waals surface area contributed by atoms with Gasteiger partial charge in [0.05, 0.1) is 12.8 Å². The highest BCUT2D eigenvalue weighted by Gasteiger charge is 2.26. The highest BCUT2D eigenvalue weighted by molar-refractivity contribution is 7.21. The van der Waals surface area contributed by atoms with Crippen LogP contribution in [0.4, 0.5) is 5.69 Å². The zero-order chi connectivity index (χ0) is 14.3. The molecule has 1 aliphatic rings. The molecule has 0 aliphatic carbocycles. The summed E-state index contributed by atoms with van der Waals surface area (Å²) >= 11 is 1.52. The molecule has 1 aromatic heterocycles. The van der Waals surface area contributed by atoms with Gasteiger partial charge in [-0.3, -0.25) is 4.79 Å². The number of amides is 1. The molecule has 2 N–H and O–H groups in total. The van der Waals surface area contributed by atoms with Crippen molar-refractivity contribution in [3.05, 3.63) is 23.1 Å². The molecular weight excluding hydrogens is 272 g/mol. The van der Waals surface area contributed by atoms with Gasteiger partial charge in [-0.2, -0.15) is 0 Å². The largest absolute Gasteiger partial charge is 0.497 e. The summed E-state index contributed by atoms with van der Waals surface area (Å²) in [6.45, 7) is 4.97. The van der Waals surface area contributed by atoms with Crippen LogP contribution in [0.25, 0.3) is 10.1 Å². The molecule has 5 heteroatoms. The third-order valence-corrected chi connectivity index (χ3v) is 4.89. The van der Waals surface area contributed by atoms with Crippen molar-refractivity contribution >= 4 is 33.0 Å². The minimum absolute atomic E-state index is 0.0100. The number of fused-ring (bicyclic) bond motifs is 3. The zero-order valence-corrected chi connectivity index (χ0v) is 12.6. The lowest BCUT2D eigenvalue weighted by atomic mass is 10.0. The molecule has 4 nitrogen and oxygen atoms in total. The van der Waals surface area contributed by atoms with Crippen LogP contribution in [-0.4, -0.2) is 25.6 Å². The molecule has 2 aromatic rings. The van der Waals surface area contributed by atoms with Gasteiger partial charge in [0.15, 0.2) is 0 Å². The fourth-order valence-corrected chi connectivity index (χ4v) is 3.49. The van der Waals surface area contributed by atoms with E-state index in [4.69, 9.17) is 4.74 Å². The Morgan fingerprint density at radius 3 is 2.90 bits per heavy atom. The lowest BCUT2D eigenvalue weighted by Gasteiger charge is -2.21. The van der Waals surface area contributed by atoms with Gasteiger partial charge in [-0.15, -0.1) is 11.3 Å². The van der Waals surface area contributed by atoms with Crippen LogP contribution in [0.2, 0.25) is 0 Å². The lowest BCUT2D eigenvalue weighted by Crippen LogP contribution is -2.36. The topological polar surface area (TPSA) is 50.4 Å². The van der Waals surface area contributed by atoms with Crippen molar-refractivity contribution in [3.8, 4) is 5.75 Å². The summed E-state index contributed by atoms with van der Waals surface area (Å²) in [7, 11) is 1.66. The second-order valence-electron chi connectivity index (χ2n) is 5.37. The molecule has 0 spiro atoms. The number of carbonyl (C=O) groups excluding carboxylic acids is 1. The number of hydrogen-bond donors (Lipinski definition) is 2. The first-order valence-electron chi connectivity index (χ1n) is 6.75. The molecular formula is C15H18N2O2S. The zero-order valence-electron chi connectivity index (χ0n) is 11.8. The first kappa shape index (κ1) is 13.2. The first-order chi connectivity index (χ1) is 9.60. The molecule has 0 saturated heterocycles.